The van der Waals surface area contributed by atoms with Gasteiger partial charge in [0.2, 0.25) is 0 Å². The molecule has 2 heterocycles. The quantitative estimate of drug-likeness (QED) is 0.679. The molecule has 3 aromatic rings. The van der Waals surface area contributed by atoms with Crippen LogP contribution in [0.1, 0.15) is 12.1 Å². The molecule has 0 spiro atoms. The van der Waals surface area contributed by atoms with Crippen molar-refractivity contribution < 1.29 is 9.26 Å². The van der Waals surface area contributed by atoms with Crippen LogP contribution >= 0.6 is 0 Å². The predicted molar refractivity (Wildman–Crippen MR) is 104 cm³/mol. The lowest BCUT2D eigenvalue weighted by molar-refractivity contribution is 0.253. The van der Waals surface area contributed by atoms with Crippen molar-refractivity contribution in [3.05, 3.63) is 54.2 Å². The Morgan fingerprint density at radius 3 is 2.62 bits per heavy atom. The molecule has 0 amide bonds. The summed E-state index contributed by atoms with van der Waals surface area (Å²) < 4.78 is 10.9. The predicted octanol–water partition coefficient (Wildman–Crippen LogP) is 3.59. The molecule has 0 unspecified atom stereocenters. The van der Waals surface area contributed by atoms with E-state index in [-0.39, 0.29) is 0 Å². The number of aromatic nitrogens is 1. The molecule has 5 heteroatoms. The number of fused-ring (bicyclic) bond motifs is 1. The lowest BCUT2D eigenvalue weighted by atomic mass is 10.1. The Bertz CT molecular complexity index is 853. The number of piperazine rings is 1. The van der Waals surface area contributed by atoms with Crippen molar-refractivity contribution in [1.29, 1.82) is 0 Å². The maximum Gasteiger partial charge on any atom is 0.167 e. The van der Waals surface area contributed by atoms with Crippen molar-refractivity contribution in [3.8, 4) is 5.75 Å². The molecule has 1 saturated heterocycles. The van der Waals surface area contributed by atoms with E-state index in [0.717, 1.165) is 68.0 Å². The highest BCUT2D eigenvalue weighted by Gasteiger charge is 2.19. The fourth-order valence-corrected chi connectivity index (χ4v) is 3.69. The van der Waals surface area contributed by atoms with Crippen LogP contribution in [0.5, 0.6) is 5.75 Å². The summed E-state index contributed by atoms with van der Waals surface area (Å²) >= 11 is 0. The zero-order chi connectivity index (χ0) is 17.8. The second-order valence-electron chi connectivity index (χ2n) is 6.73. The summed E-state index contributed by atoms with van der Waals surface area (Å²) in [5, 5.41) is 5.38. The van der Waals surface area contributed by atoms with Crippen LogP contribution in [0.15, 0.2) is 53.1 Å². The molecule has 0 radical (unpaired) electrons. The SMILES string of the molecule is COc1ccccc1N1CCN(CCCc2noc3ccccc23)CC1. The van der Waals surface area contributed by atoms with Gasteiger partial charge in [0.1, 0.15) is 5.75 Å². The highest BCUT2D eigenvalue weighted by atomic mass is 16.5. The average molecular weight is 351 g/mol. The standard InChI is InChI=1S/C21H25N3O2/c1-25-21-11-5-3-9-19(21)24-15-13-23(14-16-24)12-6-8-18-17-7-2-4-10-20(17)26-22-18/h2-5,7,9-11H,6,8,12-16H2,1H3. The number of ether oxygens (including phenoxy) is 1. The first-order chi connectivity index (χ1) is 12.8. The topological polar surface area (TPSA) is 41.7 Å². The van der Waals surface area contributed by atoms with Crippen LogP contribution < -0.4 is 9.64 Å². The van der Waals surface area contributed by atoms with Gasteiger partial charge in [-0.05, 0) is 43.7 Å². The van der Waals surface area contributed by atoms with E-state index in [1.54, 1.807) is 7.11 Å². The minimum Gasteiger partial charge on any atom is -0.495 e. The van der Waals surface area contributed by atoms with E-state index in [9.17, 15) is 0 Å². The highest BCUT2D eigenvalue weighted by molar-refractivity contribution is 5.79. The Labute approximate surface area is 154 Å². The smallest absolute Gasteiger partial charge is 0.167 e. The van der Waals surface area contributed by atoms with Crippen LogP contribution in [0.3, 0.4) is 0 Å². The van der Waals surface area contributed by atoms with E-state index in [0.29, 0.717) is 0 Å². The number of aryl methyl sites for hydroxylation is 1. The molecule has 1 fully saturated rings. The Hall–Kier alpha value is -2.53. The van der Waals surface area contributed by atoms with Gasteiger partial charge in [0.25, 0.3) is 0 Å². The highest BCUT2D eigenvalue weighted by Crippen LogP contribution is 2.28. The van der Waals surface area contributed by atoms with Crippen LogP contribution in [0.4, 0.5) is 5.69 Å². The molecule has 1 aromatic heterocycles. The third kappa shape index (κ3) is 3.53. The molecule has 1 aliphatic heterocycles. The van der Waals surface area contributed by atoms with Gasteiger partial charge in [-0.15, -0.1) is 0 Å². The van der Waals surface area contributed by atoms with Gasteiger partial charge in [0, 0.05) is 31.6 Å². The summed E-state index contributed by atoms with van der Waals surface area (Å²) in [7, 11) is 1.74. The molecular weight excluding hydrogens is 326 g/mol. The number of anilines is 1. The lowest BCUT2D eigenvalue weighted by Gasteiger charge is -2.36. The third-order valence-corrected chi connectivity index (χ3v) is 5.14. The van der Waals surface area contributed by atoms with Crippen LogP contribution in [-0.4, -0.2) is 49.9 Å². The van der Waals surface area contributed by atoms with E-state index in [2.05, 4.69) is 33.2 Å². The van der Waals surface area contributed by atoms with Crippen molar-refractivity contribution >= 4 is 16.7 Å². The van der Waals surface area contributed by atoms with Gasteiger partial charge in [0.05, 0.1) is 18.5 Å². The number of hydrogen-bond donors (Lipinski definition) is 0. The maximum absolute atomic E-state index is 5.50. The van der Waals surface area contributed by atoms with Gasteiger partial charge in [-0.2, -0.15) is 0 Å². The Kier molecular flexibility index (Phi) is 5.07. The molecule has 136 valence electrons. The molecule has 0 aliphatic carbocycles. The molecule has 26 heavy (non-hydrogen) atoms. The van der Waals surface area contributed by atoms with Gasteiger partial charge in [0.15, 0.2) is 5.58 Å². The van der Waals surface area contributed by atoms with Crippen LogP contribution in [0.25, 0.3) is 11.0 Å². The second-order valence-corrected chi connectivity index (χ2v) is 6.73. The monoisotopic (exact) mass is 351 g/mol. The van der Waals surface area contributed by atoms with Crippen LogP contribution in [0.2, 0.25) is 0 Å². The fourth-order valence-electron chi connectivity index (χ4n) is 3.69. The van der Waals surface area contributed by atoms with Crippen LogP contribution in [0, 0.1) is 0 Å². The fraction of sp³-hybridized carbons (Fsp3) is 0.381. The molecule has 2 aromatic carbocycles. The third-order valence-electron chi connectivity index (χ3n) is 5.14. The zero-order valence-electron chi connectivity index (χ0n) is 15.2. The van der Waals surface area contributed by atoms with Crippen molar-refractivity contribution in [2.24, 2.45) is 0 Å². The van der Waals surface area contributed by atoms with E-state index < -0.39 is 0 Å². The average Bonchev–Trinajstić information content (AvgIpc) is 3.12. The molecule has 0 bridgehead atoms. The number of para-hydroxylation sites is 3. The first kappa shape index (κ1) is 16.9. The lowest BCUT2D eigenvalue weighted by Crippen LogP contribution is -2.46. The molecular formula is C21H25N3O2. The normalized spacial score (nSPS) is 15.5. The van der Waals surface area contributed by atoms with Crippen LogP contribution in [-0.2, 0) is 6.42 Å². The Morgan fingerprint density at radius 2 is 1.77 bits per heavy atom. The van der Waals surface area contributed by atoms with E-state index >= 15 is 0 Å². The second kappa shape index (κ2) is 7.79. The molecule has 5 nitrogen and oxygen atoms in total. The summed E-state index contributed by atoms with van der Waals surface area (Å²) in [6, 6.07) is 16.4. The summed E-state index contributed by atoms with van der Waals surface area (Å²) in [5.74, 6) is 0.957. The Morgan fingerprint density at radius 1 is 1.00 bits per heavy atom. The minimum absolute atomic E-state index is 0.882. The van der Waals surface area contributed by atoms with E-state index in [4.69, 9.17) is 9.26 Å². The molecule has 1 aliphatic rings. The first-order valence-electron chi connectivity index (χ1n) is 9.29. The van der Waals surface area contributed by atoms with Gasteiger partial charge in [-0.3, -0.25) is 4.90 Å². The number of nitrogens with zero attached hydrogens (tertiary/aromatic N) is 3. The number of rotatable bonds is 6. The summed E-state index contributed by atoms with van der Waals surface area (Å²) in [6.45, 7) is 5.33. The largest absolute Gasteiger partial charge is 0.495 e. The number of methoxy groups -OCH3 is 1. The van der Waals surface area contributed by atoms with Crippen molar-refractivity contribution in [1.82, 2.24) is 10.1 Å². The van der Waals surface area contributed by atoms with Crippen molar-refractivity contribution in [2.75, 3.05) is 44.7 Å². The molecule has 0 N–H and O–H groups in total. The minimum atomic E-state index is 0.882. The van der Waals surface area contributed by atoms with Crippen molar-refractivity contribution in [3.63, 3.8) is 0 Å². The van der Waals surface area contributed by atoms with Crippen molar-refractivity contribution in [2.45, 2.75) is 12.8 Å². The maximum atomic E-state index is 5.50. The van der Waals surface area contributed by atoms with E-state index in [1.165, 1.54) is 5.69 Å². The summed E-state index contributed by atoms with van der Waals surface area (Å²) in [5.41, 5.74) is 3.16. The summed E-state index contributed by atoms with van der Waals surface area (Å²) in [4.78, 5) is 4.95. The van der Waals surface area contributed by atoms with E-state index in [1.807, 2.05) is 30.3 Å². The van der Waals surface area contributed by atoms with Gasteiger partial charge in [-0.1, -0.05) is 29.4 Å². The number of hydrogen-bond acceptors (Lipinski definition) is 5. The summed E-state index contributed by atoms with van der Waals surface area (Å²) in [6.07, 6.45) is 2.06. The molecule has 4 rings (SSSR count). The van der Waals surface area contributed by atoms with Gasteiger partial charge >= 0.3 is 0 Å². The molecule has 0 saturated carbocycles. The molecule has 0 atom stereocenters. The Balaban J connectivity index is 1.28. The zero-order valence-corrected chi connectivity index (χ0v) is 15.2. The number of benzene rings is 2. The van der Waals surface area contributed by atoms with Gasteiger partial charge < -0.3 is 14.2 Å². The first-order valence-corrected chi connectivity index (χ1v) is 9.29. The van der Waals surface area contributed by atoms with Gasteiger partial charge in [-0.25, -0.2) is 0 Å².